The van der Waals surface area contributed by atoms with Gasteiger partial charge in [0.2, 0.25) is 11.9 Å². The number of alkyl halides is 2. The third kappa shape index (κ3) is 3.70. The molecule has 2 amide bonds. The van der Waals surface area contributed by atoms with E-state index in [4.69, 9.17) is 0 Å². The van der Waals surface area contributed by atoms with Gasteiger partial charge in [-0.05, 0) is 18.6 Å². The molecule has 0 aromatic carbocycles. The van der Waals surface area contributed by atoms with Gasteiger partial charge in [0.25, 0.3) is 0 Å². The lowest BCUT2D eigenvalue weighted by Crippen LogP contribution is -2.34. The van der Waals surface area contributed by atoms with Crippen LogP contribution in [0.25, 0.3) is 0 Å². The molecule has 2 aromatic heterocycles. The number of aromatic nitrogens is 4. The van der Waals surface area contributed by atoms with Crippen LogP contribution >= 0.6 is 0 Å². The first-order valence-corrected chi connectivity index (χ1v) is 6.92. The Kier molecular flexibility index (Phi) is 4.86. The zero-order chi connectivity index (χ0) is 17.9. The van der Waals surface area contributed by atoms with Crippen molar-refractivity contribution in [3.8, 4) is 0 Å². The normalized spacial score (nSPS) is 11.2. The Morgan fingerprint density at radius 2 is 2.04 bits per heavy atom. The molecule has 0 spiro atoms. The van der Waals surface area contributed by atoms with Crippen LogP contribution in [0.5, 0.6) is 0 Å². The van der Waals surface area contributed by atoms with Crippen molar-refractivity contribution in [2.45, 2.75) is 19.4 Å². The van der Waals surface area contributed by atoms with Gasteiger partial charge in [0.05, 0.1) is 0 Å². The van der Waals surface area contributed by atoms with Crippen molar-refractivity contribution in [2.75, 3.05) is 19.4 Å². The Morgan fingerprint density at radius 1 is 1.33 bits per heavy atom. The summed E-state index contributed by atoms with van der Waals surface area (Å²) in [6.07, 6.45) is 2.35. The van der Waals surface area contributed by atoms with Crippen molar-refractivity contribution in [2.24, 2.45) is 0 Å². The number of nitrogens with one attached hydrogen (secondary N) is 1. The van der Waals surface area contributed by atoms with Gasteiger partial charge < -0.3 is 4.90 Å². The highest BCUT2D eigenvalue weighted by atomic mass is 19.3. The van der Waals surface area contributed by atoms with Gasteiger partial charge in [0.1, 0.15) is 18.6 Å². The second kappa shape index (κ2) is 6.69. The summed E-state index contributed by atoms with van der Waals surface area (Å²) in [5.74, 6) is -6.01. The van der Waals surface area contributed by atoms with Crippen LogP contribution in [0.4, 0.5) is 14.7 Å². The number of amides is 2. The molecule has 0 atom stereocenters. The quantitative estimate of drug-likeness (QED) is 0.870. The zero-order valence-corrected chi connectivity index (χ0v) is 13.3. The number of hydrogen-bond acceptors (Lipinski definition) is 5. The molecule has 0 saturated carbocycles. The Balaban J connectivity index is 2.11. The number of halogens is 2. The number of pyridine rings is 1. The summed E-state index contributed by atoms with van der Waals surface area (Å²) in [4.78, 5) is 32.0. The van der Waals surface area contributed by atoms with E-state index in [1.807, 2.05) is 5.32 Å². The predicted molar refractivity (Wildman–Crippen MR) is 80.2 cm³/mol. The third-order valence-corrected chi connectivity index (χ3v) is 3.15. The SMILES string of the molecule is Cc1cccnc1C(F)(F)C(=O)Nc1ncn(CC(=O)N(C)C)n1. The smallest absolute Gasteiger partial charge is 0.347 e. The van der Waals surface area contributed by atoms with Crippen LogP contribution in [-0.2, 0) is 22.1 Å². The van der Waals surface area contributed by atoms with Gasteiger partial charge in [-0.25, -0.2) is 9.67 Å². The van der Waals surface area contributed by atoms with Crippen molar-refractivity contribution in [3.05, 3.63) is 35.9 Å². The maximum absolute atomic E-state index is 14.2. The van der Waals surface area contributed by atoms with Crippen LogP contribution in [0.1, 0.15) is 11.3 Å². The minimum atomic E-state index is -3.84. The molecule has 0 bridgehead atoms. The van der Waals surface area contributed by atoms with Gasteiger partial charge in [-0.1, -0.05) is 6.07 Å². The molecule has 24 heavy (non-hydrogen) atoms. The number of anilines is 1. The van der Waals surface area contributed by atoms with E-state index >= 15 is 0 Å². The molecule has 0 aliphatic heterocycles. The highest BCUT2D eigenvalue weighted by Gasteiger charge is 2.44. The minimum absolute atomic E-state index is 0.119. The molecule has 0 radical (unpaired) electrons. The van der Waals surface area contributed by atoms with Crippen LogP contribution in [0.15, 0.2) is 24.7 Å². The molecular formula is C14H16F2N6O2. The molecule has 1 N–H and O–H groups in total. The van der Waals surface area contributed by atoms with Crippen LogP contribution in [0.3, 0.4) is 0 Å². The predicted octanol–water partition coefficient (Wildman–Crippen LogP) is 0.800. The van der Waals surface area contributed by atoms with Crippen LogP contribution in [0, 0.1) is 6.92 Å². The average Bonchev–Trinajstić information content (AvgIpc) is 2.94. The number of carbonyl (C=O) groups is 2. The highest BCUT2D eigenvalue weighted by molar-refractivity contribution is 5.95. The van der Waals surface area contributed by atoms with Crippen LogP contribution in [-0.4, -0.2) is 50.6 Å². The summed E-state index contributed by atoms with van der Waals surface area (Å²) in [6.45, 7) is 1.31. The number of rotatable bonds is 5. The maximum Gasteiger partial charge on any atom is 0.366 e. The van der Waals surface area contributed by atoms with E-state index in [1.165, 1.54) is 36.5 Å². The largest absolute Gasteiger partial charge is 0.366 e. The van der Waals surface area contributed by atoms with Crippen molar-refractivity contribution in [3.63, 3.8) is 0 Å². The molecule has 0 unspecified atom stereocenters. The van der Waals surface area contributed by atoms with E-state index < -0.39 is 17.5 Å². The lowest BCUT2D eigenvalue weighted by molar-refractivity contribution is -0.141. The van der Waals surface area contributed by atoms with Crippen molar-refractivity contribution in [1.82, 2.24) is 24.6 Å². The summed E-state index contributed by atoms with van der Waals surface area (Å²) in [5, 5.41) is 5.71. The van der Waals surface area contributed by atoms with Gasteiger partial charge in [-0.15, -0.1) is 5.10 Å². The molecule has 8 nitrogen and oxygen atoms in total. The van der Waals surface area contributed by atoms with Gasteiger partial charge in [0, 0.05) is 20.3 Å². The lowest BCUT2D eigenvalue weighted by atomic mass is 10.1. The van der Waals surface area contributed by atoms with Crippen molar-refractivity contribution < 1.29 is 18.4 Å². The molecule has 2 heterocycles. The van der Waals surface area contributed by atoms with Crippen molar-refractivity contribution >= 4 is 17.8 Å². The summed E-state index contributed by atoms with van der Waals surface area (Å²) < 4.78 is 29.6. The van der Waals surface area contributed by atoms with Gasteiger partial charge in [0.15, 0.2) is 0 Å². The number of carbonyl (C=O) groups excluding carboxylic acids is 2. The number of likely N-dealkylation sites (N-methyl/N-ethyl adjacent to an activating group) is 1. The molecule has 0 aliphatic rings. The van der Waals surface area contributed by atoms with E-state index in [-0.39, 0.29) is 24.0 Å². The molecule has 2 aromatic rings. The van der Waals surface area contributed by atoms with Crippen LogP contribution < -0.4 is 5.32 Å². The fourth-order valence-corrected chi connectivity index (χ4v) is 1.81. The fourth-order valence-electron chi connectivity index (χ4n) is 1.81. The van der Waals surface area contributed by atoms with Gasteiger partial charge in [-0.2, -0.15) is 8.78 Å². The molecular weight excluding hydrogens is 322 g/mol. The van der Waals surface area contributed by atoms with E-state index in [0.717, 1.165) is 4.68 Å². The fraction of sp³-hybridized carbons (Fsp3) is 0.357. The van der Waals surface area contributed by atoms with Gasteiger partial charge >= 0.3 is 11.8 Å². The van der Waals surface area contributed by atoms with Gasteiger partial charge in [-0.3, -0.25) is 19.9 Å². The summed E-state index contributed by atoms with van der Waals surface area (Å²) in [6, 6.07) is 2.93. The number of nitrogens with zero attached hydrogens (tertiary/aromatic N) is 5. The van der Waals surface area contributed by atoms with E-state index in [2.05, 4.69) is 15.1 Å². The minimum Gasteiger partial charge on any atom is -0.347 e. The summed E-state index contributed by atoms with van der Waals surface area (Å²) >= 11 is 0. The zero-order valence-electron chi connectivity index (χ0n) is 13.3. The Morgan fingerprint density at radius 3 is 2.67 bits per heavy atom. The summed E-state index contributed by atoms with van der Waals surface area (Å²) in [5.41, 5.74) is -0.447. The summed E-state index contributed by atoms with van der Waals surface area (Å²) in [7, 11) is 3.13. The Bertz CT molecular complexity index is 759. The van der Waals surface area contributed by atoms with E-state index in [0.29, 0.717) is 0 Å². The van der Waals surface area contributed by atoms with E-state index in [9.17, 15) is 18.4 Å². The first-order chi connectivity index (χ1) is 11.2. The third-order valence-electron chi connectivity index (χ3n) is 3.15. The Hall–Kier alpha value is -2.91. The van der Waals surface area contributed by atoms with Crippen LogP contribution in [0.2, 0.25) is 0 Å². The molecule has 10 heteroatoms. The average molecular weight is 338 g/mol. The first-order valence-electron chi connectivity index (χ1n) is 6.92. The maximum atomic E-state index is 14.2. The van der Waals surface area contributed by atoms with E-state index in [1.54, 1.807) is 14.1 Å². The standard InChI is InChI=1S/C14H16F2N6O2/c1-9-5-4-6-17-11(9)14(15,16)12(24)19-13-18-8-22(20-13)7-10(23)21(2)3/h4-6,8H,7H2,1-3H3,(H,19,20,24). The molecule has 0 saturated heterocycles. The highest BCUT2D eigenvalue weighted by Crippen LogP contribution is 2.29. The number of aryl methyl sites for hydroxylation is 1. The second-order valence-corrected chi connectivity index (χ2v) is 5.25. The first kappa shape index (κ1) is 17.4. The topological polar surface area (TPSA) is 93.0 Å². The monoisotopic (exact) mass is 338 g/mol. The lowest BCUT2D eigenvalue weighted by Gasteiger charge is -2.15. The Labute approximate surface area is 136 Å². The van der Waals surface area contributed by atoms with Crippen molar-refractivity contribution in [1.29, 1.82) is 0 Å². The molecule has 0 aliphatic carbocycles. The molecule has 2 rings (SSSR count). The number of hydrogen-bond donors (Lipinski definition) is 1. The second-order valence-electron chi connectivity index (χ2n) is 5.25. The molecule has 0 fully saturated rings. The molecule has 128 valence electrons.